The molecule has 6 nitrogen and oxygen atoms in total. The summed E-state index contributed by atoms with van der Waals surface area (Å²) in [6.07, 6.45) is 1.49. The summed E-state index contributed by atoms with van der Waals surface area (Å²) in [7, 11) is 0. The zero-order chi connectivity index (χ0) is 18.2. The van der Waals surface area contributed by atoms with Gasteiger partial charge in [-0.25, -0.2) is 5.43 Å². The van der Waals surface area contributed by atoms with E-state index in [0.29, 0.717) is 34.7 Å². The van der Waals surface area contributed by atoms with Crippen LogP contribution in [0.5, 0.6) is 17.2 Å². The first kappa shape index (κ1) is 18.8. The van der Waals surface area contributed by atoms with E-state index in [1.807, 2.05) is 13.8 Å². The molecule has 2 aromatic rings. The lowest BCUT2D eigenvalue weighted by Gasteiger charge is -2.11. The van der Waals surface area contributed by atoms with Gasteiger partial charge in [0.15, 0.2) is 11.5 Å². The Bertz CT molecular complexity index is 778. The molecule has 0 fully saturated rings. The van der Waals surface area contributed by atoms with E-state index in [2.05, 4.69) is 26.5 Å². The molecule has 2 N–H and O–H groups in total. The van der Waals surface area contributed by atoms with E-state index in [-0.39, 0.29) is 11.7 Å². The molecule has 0 atom stereocenters. The summed E-state index contributed by atoms with van der Waals surface area (Å²) >= 11 is 3.22. The van der Waals surface area contributed by atoms with Crippen LogP contribution in [-0.2, 0) is 0 Å². The van der Waals surface area contributed by atoms with Crippen LogP contribution in [0.1, 0.15) is 29.8 Å². The number of benzene rings is 2. The maximum absolute atomic E-state index is 12.2. The fourth-order valence-corrected chi connectivity index (χ4v) is 2.42. The average Bonchev–Trinajstić information content (AvgIpc) is 2.60. The van der Waals surface area contributed by atoms with Crippen molar-refractivity contribution >= 4 is 28.1 Å². The molecule has 1 amide bonds. The molecule has 0 aliphatic rings. The third kappa shape index (κ3) is 5.22. The Labute approximate surface area is 154 Å². The molecule has 0 aliphatic carbocycles. The number of phenolic OH excluding ortho intramolecular Hbond substituents is 1. The first-order chi connectivity index (χ1) is 12.0. The van der Waals surface area contributed by atoms with Crippen LogP contribution in [-0.4, -0.2) is 30.4 Å². The van der Waals surface area contributed by atoms with Gasteiger partial charge < -0.3 is 14.6 Å². The second-order valence-corrected chi connectivity index (χ2v) is 5.79. The highest BCUT2D eigenvalue weighted by Gasteiger charge is 2.11. The highest BCUT2D eigenvalue weighted by atomic mass is 79.9. The normalized spacial score (nSPS) is 10.7. The van der Waals surface area contributed by atoms with E-state index >= 15 is 0 Å². The Morgan fingerprint density at radius 3 is 2.56 bits per heavy atom. The van der Waals surface area contributed by atoms with Gasteiger partial charge in [0, 0.05) is 5.56 Å². The second-order valence-electron chi connectivity index (χ2n) is 4.94. The van der Waals surface area contributed by atoms with Crippen molar-refractivity contribution in [1.29, 1.82) is 0 Å². The number of hydrogen-bond donors (Lipinski definition) is 2. The van der Waals surface area contributed by atoms with Gasteiger partial charge in [-0.2, -0.15) is 5.10 Å². The standard InChI is InChI=1S/C18H19BrN2O4/c1-3-24-16-8-6-13(10-17(16)25-4-2)18(23)21-20-11-12-5-7-15(22)14(19)9-12/h5-11,22H,3-4H2,1-2H3,(H,21,23)/b20-11+. The molecule has 0 saturated carbocycles. The van der Waals surface area contributed by atoms with Gasteiger partial charge in [0.1, 0.15) is 5.75 Å². The van der Waals surface area contributed by atoms with Crippen molar-refractivity contribution < 1.29 is 19.4 Å². The molecule has 7 heteroatoms. The summed E-state index contributed by atoms with van der Waals surface area (Å²) in [5, 5.41) is 13.4. The molecule has 0 unspecified atom stereocenters. The minimum Gasteiger partial charge on any atom is -0.507 e. The Morgan fingerprint density at radius 2 is 1.88 bits per heavy atom. The molecule has 25 heavy (non-hydrogen) atoms. The van der Waals surface area contributed by atoms with Crippen molar-refractivity contribution in [2.45, 2.75) is 13.8 Å². The predicted molar refractivity (Wildman–Crippen MR) is 99.6 cm³/mol. The fraction of sp³-hybridized carbons (Fsp3) is 0.222. The molecular weight excluding hydrogens is 388 g/mol. The first-order valence-electron chi connectivity index (χ1n) is 7.76. The lowest BCUT2D eigenvalue weighted by atomic mass is 10.2. The van der Waals surface area contributed by atoms with Gasteiger partial charge in [0.05, 0.1) is 23.9 Å². The lowest BCUT2D eigenvalue weighted by Crippen LogP contribution is -2.17. The second kappa shape index (κ2) is 9.08. The third-order valence-corrected chi connectivity index (χ3v) is 3.79. The quantitative estimate of drug-likeness (QED) is 0.542. The lowest BCUT2D eigenvalue weighted by molar-refractivity contribution is 0.0954. The van der Waals surface area contributed by atoms with Gasteiger partial charge >= 0.3 is 0 Å². The van der Waals surface area contributed by atoms with Gasteiger partial charge in [0.25, 0.3) is 5.91 Å². The Kier molecular flexibility index (Phi) is 6.82. The summed E-state index contributed by atoms with van der Waals surface area (Å²) in [6.45, 7) is 4.73. The first-order valence-corrected chi connectivity index (χ1v) is 8.56. The molecule has 0 saturated heterocycles. The number of phenols is 1. The van der Waals surface area contributed by atoms with Gasteiger partial charge in [-0.05, 0) is 71.7 Å². The molecule has 2 aromatic carbocycles. The van der Waals surface area contributed by atoms with Crippen LogP contribution in [0.15, 0.2) is 46.0 Å². The average molecular weight is 407 g/mol. The molecule has 0 aliphatic heterocycles. The summed E-state index contributed by atoms with van der Waals surface area (Å²) < 4.78 is 11.5. The monoisotopic (exact) mass is 406 g/mol. The van der Waals surface area contributed by atoms with Crippen LogP contribution in [0, 0.1) is 0 Å². The van der Waals surface area contributed by atoms with E-state index in [1.54, 1.807) is 30.3 Å². The number of rotatable bonds is 7. The number of hydrazone groups is 1. The number of nitrogens with one attached hydrogen (secondary N) is 1. The molecule has 2 rings (SSSR count). The van der Waals surface area contributed by atoms with E-state index in [0.717, 1.165) is 5.56 Å². The number of halogens is 1. The minimum absolute atomic E-state index is 0.138. The summed E-state index contributed by atoms with van der Waals surface area (Å²) in [5.74, 6) is 0.888. The Balaban J connectivity index is 2.08. The highest BCUT2D eigenvalue weighted by Crippen LogP contribution is 2.28. The summed E-state index contributed by atoms with van der Waals surface area (Å²) in [6, 6.07) is 9.87. The predicted octanol–water partition coefficient (Wildman–Crippen LogP) is 3.72. The number of carbonyl (C=O) groups is 1. The largest absolute Gasteiger partial charge is 0.507 e. The van der Waals surface area contributed by atoms with Crippen molar-refractivity contribution in [3.05, 3.63) is 52.0 Å². The highest BCUT2D eigenvalue weighted by molar-refractivity contribution is 9.10. The maximum Gasteiger partial charge on any atom is 0.271 e. The summed E-state index contributed by atoms with van der Waals surface area (Å²) in [5.41, 5.74) is 3.60. The molecule has 132 valence electrons. The molecule has 0 bridgehead atoms. The van der Waals surface area contributed by atoms with Gasteiger partial charge in [-0.15, -0.1) is 0 Å². The zero-order valence-corrected chi connectivity index (χ0v) is 15.5. The van der Waals surface area contributed by atoms with Crippen LogP contribution >= 0.6 is 15.9 Å². The fourth-order valence-electron chi connectivity index (χ4n) is 2.03. The third-order valence-electron chi connectivity index (χ3n) is 3.16. The number of nitrogens with zero attached hydrogens (tertiary/aromatic N) is 1. The number of ether oxygens (including phenoxy) is 2. The number of amides is 1. The van der Waals surface area contributed by atoms with Crippen LogP contribution in [0.3, 0.4) is 0 Å². The van der Waals surface area contributed by atoms with Crippen LogP contribution in [0.25, 0.3) is 0 Å². The maximum atomic E-state index is 12.2. The molecular formula is C18H19BrN2O4. The summed E-state index contributed by atoms with van der Waals surface area (Å²) in [4.78, 5) is 12.2. The van der Waals surface area contributed by atoms with Gasteiger partial charge in [-0.3, -0.25) is 4.79 Å². The van der Waals surface area contributed by atoms with Crippen molar-refractivity contribution in [2.24, 2.45) is 5.10 Å². The van der Waals surface area contributed by atoms with E-state index in [9.17, 15) is 9.90 Å². The van der Waals surface area contributed by atoms with E-state index in [1.165, 1.54) is 12.3 Å². The molecule has 0 aromatic heterocycles. The Hall–Kier alpha value is -2.54. The Morgan fingerprint density at radius 1 is 1.16 bits per heavy atom. The molecule has 0 heterocycles. The van der Waals surface area contributed by atoms with Gasteiger partial charge in [-0.1, -0.05) is 0 Å². The van der Waals surface area contributed by atoms with Crippen LogP contribution < -0.4 is 14.9 Å². The van der Waals surface area contributed by atoms with Crippen LogP contribution in [0.2, 0.25) is 0 Å². The smallest absolute Gasteiger partial charge is 0.271 e. The zero-order valence-electron chi connectivity index (χ0n) is 14.0. The molecule has 0 radical (unpaired) electrons. The minimum atomic E-state index is -0.363. The van der Waals surface area contributed by atoms with E-state index < -0.39 is 0 Å². The van der Waals surface area contributed by atoms with Crippen molar-refractivity contribution in [2.75, 3.05) is 13.2 Å². The van der Waals surface area contributed by atoms with E-state index in [4.69, 9.17) is 9.47 Å². The van der Waals surface area contributed by atoms with Gasteiger partial charge in [0.2, 0.25) is 0 Å². The van der Waals surface area contributed by atoms with Crippen molar-refractivity contribution in [3.8, 4) is 17.2 Å². The number of carbonyl (C=O) groups excluding carboxylic acids is 1. The van der Waals surface area contributed by atoms with Crippen molar-refractivity contribution in [3.63, 3.8) is 0 Å². The SMILES string of the molecule is CCOc1ccc(C(=O)N/N=C/c2ccc(O)c(Br)c2)cc1OCC. The number of hydrogen-bond acceptors (Lipinski definition) is 5. The van der Waals surface area contributed by atoms with Crippen molar-refractivity contribution in [1.82, 2.24) is 5.43 Å². The topological polar surface area (TPSA) is 80.2 Å². The molecule has 0 spiro atoms. The van der Waals surface area contributed by atoms with Crippen LogP contribution in [0.4, 0.5) is 0 Å². The number of aromatic hydroxyl groups is 1.